The maximum atomic E-state index is 11.9. The van der Waals surface area contributed by atoms with Crippen LogP contribution in [0.5, 0.6) is 0 Å². The van der Waals surface area contributed by atoms with Crippen molar-refractivity contribution in [2.45, 2.75) is 13.8 Å². The number of carboxylic acid groups (broad SMARTS) is 1. The second-order valence-electron chi connectivity index (χ2n) is 5.02. The van der Waals surface area contributed by atoms with Crippen LogP contribution in [0.4, 0.5) is 0 Å². The number of carbonyl (C=O) groups is 2. The van der Waals surface area contributed by atoms with Crippen LogP contribution >= 0.6 is 0 Å². The molecule has 114 valence electrons. The van der Waals surface area contributed by atoms with Gasteiger partial charge in [-0.3, -0.25) is 4.79 Å². The summed E-state index contributed by atoms with van der Waals surface area (Å²) in [6.45, 7) is 5.72. The lowest BCUT2D eigenvalue weighted by molar-refractivity contribution is -0.131. The zero-order valence-electron chi connectivity index (χ0n) is 12.3. The minimum absolute atomic E-state index is 0.200. The van der Waals surface area contributed by atoms with Crippen LogP contribution in [0.3, 0.4) is 0 Å². The molecule has 1 aromatic rings. The lowest BCUT2D eigenvalue weighted by Gasteiger charge is -2.08. The van der Waals surface area contributed by atoms with E-state index < -0.39 is 5.97 Å². The number of hydrogen-bond donors (Lipinski definition) is 2. The van der Waals surface area contributed by atoms with Crippen molar-refractivity contribution >= 4 is 18.0 Å². The van der Waals surface area contributed by atoms with Crippen LogP contribution in [0, 0.1) is 5.92 Å². The number of amides is 1. The molecule has 0 aliphatic heterocycles. The molecular weight excluding hydrogens is 270 g/mol. The zero-order valence-corrected chi connectivity index (χ0v) is 12.3. The van der Waals surface area contributed by atoms with Crippen molar-refractivity contribution < 1.29 is 19.4 Å². The molecule has 0 spiro atoms. The third-order valence-corrected chi connectivity index (χ3v) is 2.55. The highest BCUT2D eigenvalue weighted by atomic mass is 16.5. The highest BCUT2D eigenvalue weighted by molar-refractivity contribution is 5.95. The van der Waals surface area contributed by atoms with Crippen LogP contribution < -0.4 is 5.32 Å². The Bertz CT molecular complexity index is 509. The van der Waals surface area contributed by atoms with E-state index in [4.69, 9.17) is 9.84 Å². The van der Waals surface area contributed by atoms with E-state index in [-0.39, 0.29) is 5.91 Å². The van der Waals surface area contributed by atoms with E-state index in [0.717, 1.165) is 6.08 Å². The highest BCUT2D eigenvalue weighted by Crippen LogP contribution is 2.07. The van der Waals surface area contributed by atoms with Crippen LogP contribution in [-0.2, 0) is 9.53 Å². The molecule has 0 radical (unpaired) electrons. The molecule has 0 aromatic heterocycles. The number of carboxylic acids is 1. The Labute approximate surface area is 124 Å². The second kappa shape index (κ2) is 8.92. The van der Waals surface area contributed by atoms with E-state index in [1.54, 1.807) is 24.3 Å². The van der Waals surface area contributed by atoms with Crippen LogP contribution in [0.2, 0.25) is 0 Å². The van der Waals surface area contributed by atoms with Crippen LogP contribution in [0.1, 0.15) is 29.8 Å². The molecule has 1 amide bonds. The summed E-state index contributed by atoms with van der Waals surface area (Å²) in [5.41, 5.74) is 1.16. The zero-order chi connectivity index (χ0) is 15.7. The Morgan fingerprint density at radius 3 is 2.81 bits per heavy atom. The van der Waals surface area contributed by atoms with Gasteiger partial charge in [-0.2, -0.15) is 0 Å². The largest absolute Gasteiger partial charge is 0.478 e. The van der Waals surface area contributed by atoms with E-state index >= 15 is 0 Å². The smallest absolute Gasteiger partial charge is 0.328 e. The molecule has 0 heterocycles. The van der Waals surface area contributed by atoms with Gasteiger partial charge in [0.15, 0.2) is 0 Å². The average molecular weight is 291 g/mol. The number of benzene rings is 1. The highest BCUT2D eigenvalue weighted by Gasteiger charge is 2.05. The van der Waals surface area contributed by atoms with E-state index in [2.05, 4.69) is 19.2 Å². The normalized spacial score (nSPS) is 11.0. The third-order valence-electron chi connectivity index (χ3n) is 2.55. The van der Waals surface area contributed by atoms with Crippen molar-refractivity contribution in [1.82, 2.24) is 5.32 Å². The summed E-state index contributed by atoms with van der Waals surface area (Å²) in [5.74, 6) is -0.751. The Hall–Kier alpha value is -2.14. The Morgan fingerprint density at radius 1 is 1.38 bits per heavy atom. The van der Waals surface area contributed by atoms with Gasteiger partial charge in [-0.15, -0.1) is 0 Å². The summed E-state index contributed by atoms with van der Waals surface area (Å²) in [4.78, 5) is 22.4. The van der Waals surface area contributed by atoms with Gasteiger partial charge in [-0.1, -0.05) is 26.0 Å². The van der Waals surface area contributed by atoms with Gasteiger partial charge in [-0.05, 0) is 29.7 Å². The van der Waals surface area contributed by atoms with Gasteiger partial charge in [0.05, 0.1) is 6.61 Å². The number of hydrogen-bond acceptors (Lipinski definition) is 3. The first-order valence-electron chi connectivity index (χ1n) is 6.86. The number of aliphatic carboxylic acids is 1. The number of carbonyl (C=O) groups excluding carboxylic acids is 1. The maximum Gasteiger partial charge on any atom is 0.328 e. The summed E-state index contributed by atoms with van der Waals surface area (Å²) < 4.78 is 5.38. The van der Waals surface area contributed by atoms with Crippen molar-refractivity contribution in [3.63, 3.8) is 0 Å². The molecule has 2 N–H and O–H groups in total. The van der Waals surface area contributed by atoms with E-state index in [0.29, 0.717) is 36.8 Å². The van der Waals surface area contributed by atoms with Gasteiger partial charge >= 0.3 is 5.97 Å². The molecule has 0 saturated carbocycles. The third kappa shape index (κ3) is 7.27. The van der Waals surface area contributed by atoms with Crippen molar-refractivity contribution in [2.75, 3.05) is 19.8 Å². The molecule has 0 bridgehead atoms. The molecule has 5 heteroatoms. The first-order chi connectivity index (χ1) is 9.99. The average Bonchev–Trinajstić information content (AvgIpc) is 2.44. The fourth-order valence-corrected chi connectivity index (χ4v) is 1.61. The minimum atomic E-state index is -1.02. The summed E-state index contributed by atoms with van der Waals surface area (Å²) in [7, 11) is 0. The summed E-state index contributed by atoms with van der Waals surface area (Å²) in [5, 5.41) is 11.3. The van der Waals surface area contributed by atoms with Crippen LogP contribution in [0.15, 0.2) is 30.3 Å². The van der Waals surface area contributed by atoms with Crippen molar-refractivity contribution in [2.24, 2.45) is 5.92 Å². The summed E-state index contributed by atoms with van der Waals surface area (Å²) >= 11 is 0. The van der Waals surface area contributed by atoms with Gasteiger partial charge in [0.25, 0.3) is 5.91 Å². The molecule has 21 heavy (non-hydrogen) atoms. The first-order valence-corrected chi connectivity index (χ1v) is 6.86. The van der Waals surface area contributed by atoms with Gasteiger partial charge in [0.2, 0.25) is 0 Å². The van der Waals surface area contributed by atoms with E-state index in [1.807, 2.05) is 0 Å². The number of rotatable bonds is 8. The monoisotopic (exact) mass is 291 g/mol. The Balaban J connectivity index is 2.47. The Kier molecular flexibility index (Phi) is 7.18. The fourth-order valence-electron chi connectivity index (χ4n) is 1.61. The van der Waals surface area contributed by atoms with Gasteiger partial charge in [0, 0.05) is 24.8 Å². The predicted molar refractivity (Wildman–Crippen MR) is 81.1 cm³/mol. The lowest BCUT2D eigenvalue weighted by Crippen LogP contribution is -2.27. The molecule has 5 nitrogen and oxygen atoms in total. The minimum Gasteiger partial charge on any atom is -0.478 e. The molecular formula is C16H21NO4. The molecule has 0 aliphatic carbocycles. The first kappa shape index (κ1) is 16.9. The quantitative estimate of drug-likeness (QED) is 0.568. The summed E-state index contributed by atoms with van der Waals surface area (Å²) in [6, 6.07) is 6.78. The molecule has 0 unspecified atom stereocenters. The summed E-state index contributed by atoms with van der Waals surface area (Å²) in [6.07, 6.45) is 2.49. The molecule has 0 saturated heterocycles. The second-order valence-corrected chi connectivity index (χ2v) is 5.02. The maximum absolute atomic E-state index is 11.9. The van der Waals surface area contributed by atoms with Crippen molar-refractivity contribution in [1.29, 1.82) is 0 Å². The van der Waals surface area contributed by atoms with Crippen molar-refractivity contribution in [3.8, 4) is 0 Å². The van der Waals surface area contributed by atoms with Gasteiger partial charge in [-0.25, -0.2) is 4.79 Å². The van der Waals surface area contributed by atoms with Crippen LogP contribution in [0.25, 0.3) is 6.08 Å². The SMILES string of the molecule is CC(C)COCCNC(=O)c1cccc(/C=C/C(=O)O)c1. The standard InChI is InChI=1S/C16H21NO4/c1-12(2)11-21-9-8-17-16(20)14-5-3-4-13(10-14)6-7-15(18)19/h3-7,10,12H,8-9,11H2,1-2H3,(H,17,20)(H,18,19)/b7-6+. The van der Waals surface area contributed by atoms with Gasteiger partial charge < -0.3 is 15.2 Å². The van der Waals surface area contributed by atoms with Crippen molar-refractivity contribution in [3.05, 3.63) is 41.5 Å². The van der Waals surface area contributed by atoms with Crippen LogP contribution in [-0.4, -0.2) is 36.7 Å². The fraction of sp³-hybridized carbons (Fsp3) is 0.375. The Morgan fingerprint density at radius 2 is 2.14 bits per heavy atom. The molecule has 1 rings (SSSR count). The van der Waals surface area contributed by atoms with Gasteiger partial charge in [0.1, 0.15) is 0 Å². The molecule has 0 atom stereocenters. The number of ether oxygens (including phenoxy) is 1. The molecule has 0 aliphatic rings. The molecule has 1 aromatic carbocycles. The van der Waals surface area contributed by atoms with E-state index in [1.165, 1.54) is 6.08 Å². The lowest BCUT2D eigenvalue weighted by atomic mass is 10.1. The molecule has 0 fully saturated rings. The topological polar surface area (TPSA) is 75.6 Å². The van der Waals surface area contributed by atoms with E-state index in [9.17, 15) is 9.59 Å². The predicted octanol–water partition coefficient (Wildman–Crippen LogP) is 2.19. The number of nitrogens with one attached hydrogen (secondary N) is 1.